The van der Waals surface area contributed by atoms with Crippen LogP contribution in [0.25, 0.3) is 10.9 Å². The molecule has 0 aliphatic carbocycles. The lowest BCUT2D eigenvalue weighted by Crippen LogP contribution is -2.22. The molecule has 1 heterocycles. The van der Waals surface area contributed by atoms with Crippen molar-refractivity contribution in [2.75, 3.05) is 6.61 Å². The van der Waals surface area contributed by atoms with Gasteiger partial charge in [-0.1, -0.05) is 58.2 Å². The summed E-state index contributed by atoms with van der Waals surface area (Å²) in [5, 5.41) is 6.15. The molecule has 4 aromatic rings. The van der Waals surface area contributed by atoms with E-state index in [0.29, 0.717) is 57.7 Å². The van der Waals surface area contributed by atoms with Crippen LogP contribution in [0.4, 0.5) is 0 Å². The van der Waals surface area contributed by atoms with Gasteiger partial charge in [0.15, 0.2) is 11.5 Å². The monoisotopic (exact) mass is 627 g/mol. The second kappa shape index (κ2) is 13.3. The van der Waals surface area contributed by atoms with Gasteiger partial charge in [-0.3, -0.25) is 4.79 Å². The van der Waals surface area contributed by atoms with Gasteiger partial charge in [-0.15, -0.1) is 6.58 Å². The Bertz CT molecular complexity index is 1600. The summed E-state index contributed by atoms with van der Waals surface area (Å²) < 4.78 is 14.3. The maximum Gasteiger partial charge on any atom is 0.282 e. The highest BCUT2D eigenvalue weighted by atomic mass is 79.9. The fourth-order valence-electron chi connectivity index (χ4n) is 4.10. The molecule has 1 aromatic heterocycles. The summed E-state index contributed by atoms with van der Waals surface area (Å²) in [6.45, 7) is 8.52. The van der Waals surface area contributed by atoms with Crippen LogP contribution in [0.5, 0.6) is 11.5 Å². The van der Waals surface area contributed by atoms with Gasteiger partial charge in [0.25, 0.3) is 5.56 Å². The third-order valence-corrected chi connectivity index (χ3v) is 6.96. The minimum atomic E-state index is -0.225. The van der Waals surface area contributed by atoms with Crippen LogP contribution in [0.15, 0.2) is 75.6 Å². The molecule has 0 fully saturated rings. The summed E-state index contributed by atoms with van der Waals surface area (Å²) in [6.07, 6.45) is 5.41. The van der Waals surface area contributed by atoms with Gasteiger partial charge in [0.2, 0.25) is 0 Å². The van der Waals surface area contributed by atoms with Crippen LogP contribution in [-0.2, 0) is 19.4 Å². The number of ether oxygens (including phenoxy) is 2. The third-order valence-electron chi connectivity index (χ3n) is 5.88. The first-order valence-corrected chi connectivity index (χ1v) is 14.1. The Hall–Kier alpha value is -3.13. The standard InChI is InChI=1S/C30H28BrCl2N3O3/c1-4-7-20-13-19(14-27(38-6-3)29(20)39-18-21-9-11-23(32)16-25(21)33)17-34-36-28(8-5-2)35-26-12-10-22(31)15-24(26)30(36)37/h4,9-17H,1,5-8,18H2,2-3H3. The van der Waals surface area contributed by atoms with E-state index in [2.05, 4.69) is 27.6 Å². The van der Waals surface area contributed by atoms with E-state index in [0.717, 1.165) is 27.6 Å². The molecule has 0 aliphatic heterocycles. The van der Waals surface area contributed by atoms with E-state index in [1.54, 1.807) is 30.5 Å². The molecule has 0 atom stereocenters. The molecule has 4 rings (SSSR count). The van der Waals surface area contributed by atoms with Crippen molar-refractivity contribution in [2.45, 2.75) is 39.7 Å². The quantitative estimate of drug-likeness (QED) is 0.125. The molecule has 39 heavy (non-hydrogen) atoms. The number of rotatable bonds is 11. The van der Waals surface area contributed by atoms with Gasteiger partial charge in [-0.2, -0.15) is 9.78 Å². The topological polar surface area (TPSA) is 65.7 Å². The van der Waals surface area contributed by atoms with E-state index in [1.807, 2.05) is 44.2 Å². The first-order chi connectivity index (χ1) is 18.8. The summed E-state index contributed by atoms with van der Waals surface area (Å²) in [5.41, 5.74) is 2.83. The Labute approximate surface area is 246 Å². The van der Waals surface area contributed by atoms with Crippen molar-refractivity contribution in [2.24, 2.45) is 5.10 Å². The molecule has 9 heteroatoms. The average molecular weight is 629 g/mol. The number of aromatic nitrogens is 2. The maximum absolute atomic E-state index is 13.4. The van der Waals surface area contributed by atoms with Gasteiger partial charge in [-0.25, -0.2) is 4.98 Å². The van der Waals surface area contributed by atoms with Gasteiger partial charge in [0.1, 0.15) is 12.4 Å². The SMILES string of the molecule is C=CCc1cc(C=Nn2c(CCC)nc3ccc(Br)cc3c2=O)cc(OCC)c1OCc1ccc(Cl)cc1Cl. The molecule has 6 nitrogen and oxygen atoms in total. The Morgan fingerprint density at radius 1 is 1.08 bits per heavy atom. The van der Waals surface area contributed by atoms with Crippen LogP contribution in [-0.4, -0.2) is 22.5 Å². The largest absolute Gasteiger partial charge is 0.490 e. The molecule has 0 bridgehead atoms. The second-order valence-electron chi connectivity index (χ2n) is 8.76. The van der Waals surface area contributed by atoms with Crippen LogP contribution >= 0.6 is 39.1 Å². The Balaban J connectivity index is 1.74. The molecule has 0 unspecified atom stereocenters. The van der Waals surface area contributed by atoms with Crippen LogP contribution in [0.2, 0.25) is 10.0 Å². The van der Waals surface area contributed by atoms with E-state index in [-0.39, 0.29) is 12.2 Å². The minimum Gasteiger partial charge on any atom is -0.490 e. The van der Waals surface area contributed by atoms with Gasteiger partial charge in [0, 0.05) is 32.1 Å². The predicted molar refractivity (Wildman–Crippen MR) is 163 cm³/mol. The number of aryl methyl sites for hydroxylation is 1. The van der Waals surface area contributed by atoms with Crippen molar-refractivity contribution in [1.82, 2.24) is 9.66 Å². The molecule has 0 aliphatic rings. The van der Waals surface area contributed by atoms with E-state index >= 15 is 0 Å². The zero-order valence-electron chi connectivity index (χ0n) is 21.7. The summed E-state index contributed by atoms with van der Waals surface area (Å²) in [7, 11) is 0. The number of benzene rings is 3. The van der Waals surface area contributed by atoms with Gasteiger partial charge in [0.05, 0.1) is 23.7 Å². The van der Waals surface area contributed by atoms with Crippen LogP contribution < -0.4 is 15.0 Å². The van der Waals surface area contributed by atoms with E-state index in [9.17, 15) is 4.79 Å². The molecular formula is C30H28BrCl2N3O3. The van der Waals surface area contributed by atoms with Crippen molar-refractivity contribution in [1.29, 1.82) is 0 Å². The highest BCUT2D eigenvalue weighted by Crippen LogP contribution is 2.35. The van der Waals surface area contributed by atoms with Gasteiger partial charge < -0.3 is 9.47 Å². The van der Waals surface area contributed by atoms with Crippen LogP contribution in [0.1, 0.15) is 42.8 Å². The fourth-order valence-corrected chi connectivity index (χ4v) is 4.93. The van der Waals surface area contributed by atoms with Crippen molar-refractivity contribution in [3.8, 4) is 11.5 Å². The lowest BCUT2D eigenvalue weighted by Gasteiger charge is -2.17. The Kier molecular flexibility index (Phi) is 9.83. The molecule has 0 radical (unpaired) electrons. The lowest BCUT2D eigenvalue weighted by atomic mass is 10.1. The number of halogens is 3. The Morgan fingerprint density at radius 2 is 1.90 bits per heavy atom. The molecule has 0 spiro atoms. The number of allylic oxidation sites excluding steroid dienone is 1. The summed E-state index contributed by atoms with van der Waals surface area (Å²) in [5.74, 6) is 1.76. The number of nitrogens with zero attached hydrogens (tertiary/aromatic N) is 3. The van der Waals surface area contributed by atoms with Crippen molar-refractivity contribution in [3.63, 3.8) is 0 Å². The Morgan fingerprint density at radius 3 is 2.62 bits per heavy atom. The highest BCUT2D eigenvalue weighted by molar-refractivity contribution is 9.10. The zero-order chi connectivity index (χ0) is 27.9. The summed E-state index contributed by atoms with van der Waals surface area (Å²) in [6, 6.07) is 14.6. The minimum absolute atomic E-state index is 0.225. The van der Waals surface area contributed by atoms with Crippen molar-refractivity contribution >= 4 is 56.2 Å². The lowest BCUT2D eigenvalue weighted by molar-refractivity contribution is 0.267. The fraction of sp³-hybridized carbons (Fsp3) is 0.233. The van der Waals surface area contributed by atoms with Crippen molar-refractivity contribution in [3.05, 3.63) is 109 Å². The molecule has 0 saturated carbocycles. The first-order valence-electron chi connectivity index (χ1n) is 12.6. The first kappa shape index (κ1) is 28.9. The number of fused-ring (bicyclic) bond motifs is 1. The van der Waals surface area contributed by atoms with Crippen LogP contribution in [0.3, 0.4) is 0 Å². The number of hydrogen-bond acceptors (Lipinski definition) is 5. The maximum atomic E-state index is 13.4. The van der Waals surface area contributed by atoms with Crippen molar-refractivity contribution < 1.29 is 9.47 Å². The van der Waals surface area contributed by atoms with Gasteiger partial charge >= 0.3 is 0 Å². The molecular weight excluding hydrogens is 601 g/mol. The summed E-state index contributed by atoms with van der Waals surface area (Å²) in [4.78, 5) is 18.1. The molecule has 0 N–H and O–H groups in total. The smallest absolute Gasteiger partial charge is 0.282 e. The molecule has 3 aromatic carbocycles. The van der Waals surface area contributed by atoms with E-state index in [1.165, 1.54) is 4.68 Å². The molecule has 0 saturated heterocycles. The normalized spacial score (nSPS) is 11.3. The highest BCUT2D eigenvalue weighted by Gasteiger charge is 2.15. The number of hydrogen-bond donors (Lipinski definition) is 0. The molecule has 202 valence electrons. The summed E-state index contributed by atoms with van der Waals surface area (Å²) >= 11 is 15.8. The van der Waals surface area contributed by atoms with Gasteiger partial charge in [-0.05, 0) is 67.8 Å². The molecule has 0 amide bonds. The zero-order valence-corrected chi connectivity index (χ0v) is 24.8. The third kappa shape index (κ3) is 6.90. The second-order valence-corrected chi connectivity index (χ2v) is 10.5. The van der Waals surface area contributed by atoms with E-state index in [4.69, 9.17) is 37.7 Å². The van der Waals surface area contributed by atoms with E-state index < -0.39 is 0 Å². The van der Waals surface area contributed by atoms with Crippen LogP contribution in [0, 0.1) is 0 Å². The average Bonchev–Trinajstić information content (AvgIpc) is 2.90. The predicted octanol–water partition coefficient (Wildman–Crippen LogP) is 8.01.